The molecular weight excluding hydrogens is 358 g/mol. The van der Waals surface area contributed by atoms with E-state index in [0.29, 0.717) is 12.3 Å². The molecule has 2 N–H and O–H groups in total. The summed E-state index contributed by atoms with van der Waals surface area (Å²) in [7, 11) is 1.68. The number of rotatable bonds is 6. The van der Waals surface area contributed by atoms with Crippen molar-refractivity contribution in [3.8, 4) is 0 Å². The second-order valence-corrected chi connectivity index (χ2v) is 7.07. The zero-order valence-corrected chi connectivity index (χ0v) is 15.3. The van der Waals surface area contributed by atoms with Crippen LogP contribution in [0.4, 0.5) is 5.69 Å². The summed E-state index contributed by atoms with van der Waals surface area (Å²) in [5, 5.41) is 6.16. The molecule has 2 amide bonds. The van der Waals surface area contributed by atoms with Crippen LogP contribution in [0.1, 0.15) is 24.8 Å². The summed E-state index contributed by atoms with van der Waals surface area (Å²) >= 11 is 3.40. The van der Waals surface area contributed by atoms with Crippen molar-refractivity contribution >= 4 is 33.4 Å². The average molecular weight is 382 g/mol. The third-order valence-corrected chi connectivity index (χ3v) is 4.69. The molecule has 0 saturated carbocycles. The molecule has 2 rings (SSSR count). The smallest absolute Gasteiger partial charge is 0.243 e. The topological polar surface area (TPSA) is 61.4 Å². The van der Waals surface area contributed by atoms with E-state index in [4.69, 9.17) is 0 Å². The normalized spacial score (nSPS) is 17.1. The standard InChI is InChI=1S/C17H24BrN3O2/c1-12-9-14(18)4-5-15(12)20-16(22)11-21(2)17(23)6-3-13-7-8-19-10-13/h4-5,9,13,19H,3,6-8,10-11H2,1-2H3,(H,20,22). The fourth-order valence-electron chi connectivity index (χ4n) is 2.74. The Hall–Kier alpha value is -1.40. The maximum absolute atomic E-state index is 12.1. The second kappa shape index (κ2) is 8.45. The molecule has 23 heavy (non-hydrogen) atoms. The van der Waals surface area contributed by atoms with Crippen molar-refractivity contribution < 1.29 is 9.59 Å². The van der Waals surface area contributed by atoms with Gasteiger partial charge < -0.3 is 15.5 Å². The van der Waals surface area contributed by atoms with Crippen LogP contribution < -0.4 is 10.6 Å². The largest absolute Gasteiger partial charge is 0.336 e. The molecule has 0 spiro atoms. The van der Waals surface area contributed by atoms with Gasteiger partial charge in [0.2, 0.25) is 11.8 Å². The van der Waals surface area contributed by atoms with Crippen molar-refractivity contribution in [3.63, 3.8) is 0 Å². The van der Waals surface area contributed by atoms with Crippen LogP contribution in [0.5, 0.6) is 0 Å². The van der Waals surface area contributed by atoms with E-state index in [1.807, 2.05) is 25.1 Å². The van der Waals surface area contributed by atoms with Crippen molar-refractivity contribution in [1.29, 1.82) is 0 Å². The number of anilines is 1. The maximum Gasteiger partial charge on any atom is 0.243 e. The van der Waals surface area contributed by atoms with E-state index in [1.54, 1.807) is 7.05 Å². The van der Waals surface area contributed by atoms with Gasteiger partial charge in [-0.15, -0.1) is 0 Å². The Bertz CT molecular complexity index is 571. The molecule has 0 aromatic heterocycles. The molecule has 1 saturated heterocycles. The number of nitrogens with zero attached hydrogens (tertiary/aromatic N) is 1. The highest BCUT2D eigenvalue weighted by Gasteiger charge is 2.18. The van der Waals surface area contributed by atoms with E-state index in [1.165, 1.54) is 4.90 Å². The molecule has 1 aromatic rings. The van der Waals surface area contributed by atoms with Gasteiger partial charge in [0, 0.05) is 23.6 Å². The monoisotopic (exact) mass is 381 g/mol. The van der Waals surface area contributed by atoms with Gasteiger partial charge in [-0.25, -0.2) is 0 Å². The third-order valence-electron chi connectivity index (χ3n) is 4.20. The molecule has 0 bridgehead atoms. The lowest BCUT2D eigenvalue weighted by Gasteiger charge is -2.18. The summed E-state index contributed by atoms with van der Waals surface area (Å²) in [5.74, 6) is 0.444. The van der Waals surface area contributed by atoms with Crippen molar-refractivity contribution in [2.75, 3.05) is 32.0 Å². The number of amides is 2. The molecule has 6 heteroatoms. The van der Waals surface area contributed by atoms with Gasteiger partial charge in [-0.2, -0.15) is 0 Å². The minimum atomic E-state index is -0.172. The highest BCUT2D eigenvalue weighted by molar-refractivity contribution is 9.10. The van der Waals surface area contributed by atoms with Crippen molar-refractivity contribution in [2.45, 2.75) is 26.2 Å². The second-order valence-electron chi connectivity index (χ2n) is 6.15. The molecule has 1 atom stereocenters. The molecule has 1 fully saturated rings. The van der Waals surface area contributed by atoms with Crippen LogP contribution in [0, 0.1) is 12.8 Å². The molecule has 1 aromatic carbocycles. The lowest BCUT2D eigenvalue weighted by Crippen LogP contribution is -2.35. The summed E-state index contributed by atoms with van der Waals surface area (Å²) < 4.78 is 0.974. The van der Waals surface area contributed by atoms with Gasteiger partial charge in [-0.1, -0.05) is 15.9 Å². The predicted octanol–water partition coefficient (Wildman–Crippen LogP) is 2.54. The maximum atomic E-state index is 12.1. The van der Waals surface area contributed by atoms with Gasteiger partial charge in [-0.05, 0) is 62.5 Å². The van der Waals surface area contributed by atoms with E-state index in [2.05, 4.69) is 26.6 Å². The van der Waals surface area contributed by atoms with Crippen LogP contribution in [-0.2, 0) is 9.59 Å². The molecular formula is C17H24BrN3O2. The van der Waals surface area contributed by atoms with Gasteiger partial charge in [0.15, 0.2) is 0 Å². The number of halogens is 1. The van der Waals surface area contributed by atoms with Gasteiger partial charge >= 0.3 is 0 Å². The highest BCUT2D eigenvalue weighted by atomic mass is 79.9. The number of benzene rings is 1. The quantitative estimate of drug-likeness (QED) is 0.795. The number of likely N-dealkylation sites (N-methyl/N-ethyl adjacent to an activating group) is 1. The number of carbonyl (C=O) groups is 2. The van der Waals surface area contributed by atoms with E-state index in [0.717, 1.165) is 41.7 Å². The predicted molar refractivity (Wildman–Crippen MR) is 95.4 cm³/mol. The fourth-order valence-corrected chi connectivity index (χ4v) is 3.22. The zero-order valence-electron chi connectivity index (χ0n) is 13.7. The summed E-state index contributed by atoms with van der Waals surface area (Å²) in [4.78, 5) is 25.7. The Morgan fingerprint density at radius 2 is 2.22 bits per heavy atom. The summed E-state index contributed by atoms with van der Waals surface area (Å²) in [6.45, 7) is 4.06. The number of nitrogens with one attached hydrogen (secondary N) is 2. The summed E-state index contributed by atoms with van der Waals surface area (Å²) in [5.41, 5.74) is 1.76. The van der Waals surface area contributed by atoms with Gasteiger partial charge in [0.25, 0.3) is 0 Å². The number of carbonyl (C=O) groups excluding carboxylic acids is 2. The van der Waals surface area contributed by atoms with Crippen LogP contribution >= 0.6 is 15.9 Å². The lowest BCUT2D eigenvalue weighted by atomic mass is 10.0. The first kappa shape index (κ1) is 17.9. The minimum absolute atomic E-state index is 0.0274. The summed E-state index contributed by atoms with van der Waals surface area (Å²) in [6.07, 6.45) is 2.54. The highest BCUT2D eigenvalue weighted by Crippen LogP contribution is 2.20. The first-order chi connectivity index (χ1) is 11.0. The Morgan fingerprint density at radius 3 is 2.87 bits per heavy atom. The van der Waals surface area contributed by atoms with Crippen molar-refractivity contribution in [3.05, 3.63) is 28.2 Å². The van der Waals surface area contributed by atoms with E-state index < -0.39 is 0 Å². The van der Waals surface area contributed by atoms with Gasteiger partial charge in [-0.3, -0.25) is 9.59 Å². The Labute approximate surface area is 145 Å². The Kier molecular flexibility index (Phi) is 6.59. The molecule has 0 aliphatic carbocycles. The van der Waals surface area contributed by atoms with E-state index in [9.17, 15) is 9.59 Å². The van der Waals surface area contributed by atoms with Crippen molar-refractivity contribution in [1.82, 2.24) is 10.2 Å². The number of hydrogen-bond donors (Lipinski definition) is 2. The first-order valence-corrected chi connectivity index (χ1v) is 8.75. The zero-order chi connectivity index (χ0) is 16.8. The third kappa shape index (κ3) is 5.62. The average Bonchev–Trinajstić information content (AvgIpc) is 3.01. The molecule has 0 radical (unpaired) electrons. The Balaban J connectivity index is 1.77. The van der Waals surface area contributed by atoms with Crippen LogP contribution in [0.15, 0.2) is 22.7 Å². The molecule has 5 nitrogen and oxygen atoms in total. The van der Waals surface area contributed by atoms with Gasteiger partial charge in [0.1, 0.15) is 0 Å². The van der Waals surface area contributed by atoms with Crippen LogP contribution in [-0.4, -0.2) is 43.4 Å². The van der Waals surface area contributed by atoms with Gasteiger partial charge in [0.05, 0.1) is 6.54 Å². The molecule has 1 heterocycles. The SMILES string of the molecule is Cc1cc(Br)ccc1NC(=O)CN(C)C(=O)CCC1CCNC1. The Morgan fingerprint density at radius 1 is 1.43 bits per heavy atom. The van der Waals surface area contributed by atoms with Crippen LogP contribution in [0.25, 0.3) is 0 Å². The van der Waals surface area contributed by atoms with Crippen LogP contribution in [0.3, 0.4) is 0 Å². The lowest BCUT2D eigenvalue weighted by molar-refractivity contribution is -0.133. The molecule has 126 valence electrons. The number of hydrogen-bond acceptors (Lipinski definition) is 3. The summed E-state index contributed by atoms with van der Waals surface area (Å²) in [6, 6.07) is 5.68. The molecule has 1 aliphatic heterocycles. The van der Waals surface area contributed by atoms with Crippen molar-refractivity contribution in [2.24, 2.45) is 5.92 Å². The fraction of sp³-hybridized carbons (Fsp3) is 0.529. The first-order valence-electron chi connectivity index (χ1n) is 7.96. The molecule has 1 aliphatic rings. The van der Waals surface area contributed by atoms with Crippen LogP contribution in [0.2, 0.25) is 0 Å². The molecule has 1 unspecified atom stereocenters. The van der Waals surface area contributed by atoms with E-state index >= 15 is 0 Å². The van der Waals surface area contributed by atoms with E-state index in [-0.39, 0.29) is 18.4 Å². The minimum Gasteiger partial charge on any atom is -0.336 e. The number of aryl methyl sites for hydroxylation is 1.